The Labute approximate surface area is 189 Å². The van der Waals surface area contributed by atoms with Crippen LogP contribution in [0.3, 0.4) is 0 Å². The van der Waals surface area contributed by atoms with Crippen molar-refractivity contribution in [1.82, 2.24) is 20.4 Å². The molecule has 1 heterocycles. The number of likely N-dealkylation sites (tertiary alicyclic amines) is 1. The van der Waals surface area contributed by atoms with Crippen LogP contribution in [0.1, 0.15) is 54.4 Å². The van der Waals surface area contributed by atoms with E-state index in [0.717, 1.165) is 38.4 Å². The first-order valence-corrected chi connectivity index (χ1v) is 10.2. The molecule has 1 saturated heterocycles. The number of nitrogens with one attached hydrogen (secondary N) is 2. The lowest BCUT2D eigenvalue weighted by Gasteiger charge is -2.35. The van der Waals surface area contributed by atoms with Gasteiger partial charge in [-0.05, 0) is 53.4 Å². The first-order valence-electron chi connectivity index (χ1n) is 10.2. The highest BCUT2D eigenvalue weighted by atomic mass is 127. The summed E-state index contributed by atoms with van der Waals surface area (Å²) in [6, 6.07) is 1.08. The van der Waals surface area contributed by atoms with Crippen LogP contribution in [0.4, 0.5) is 4.79 Å². The van der Waals surface area contributed by atoms with E-state index in [0.29, 0.717) is 18.6 Å². The molecule has 2 N–H and O–H groups in total. The minimum atomic E-state index is -0.468. The number of rotatable bonds is 6. The Balaban J connectivity index is 0.00000729. The quantitative estimate of drug-likeness (QED) is 0.326. The number of ether oxygens (including phenoxy) is 1. The molecule has 1 aliphatic rings. The van der Waals surface area contributed by atoms with Crippen molar-refractivity contribution in [2.45, 2.75) is 72.1 Å². The number of nitrogens with zero attached hydrogens (tertiary/aromatic N) is 3. The number of halogens is 1. The van der Waals surface area contributed by atoms with Crippen molar-refractivity contribution in [2.24, 2.45) is 10.9 Å². The van der Waals surface area contributed by atoms with Crippen molar-refractivity contribution in [3.8, 4) is 0 Å². The third kappa shape index (κ3) is 10.7. The van der Waals surface area contributed by atoms with Crippen molar-refractivity contribution in [1.29, 1.82) is 0 Å². The third-order valence-electron chi connectivity index (χ3n) is 4.73. The maximum absolute atomic E-state index is 12.1. The molecule has 28 heavy (non-hydrogen) atoms. The number of aliphatic imine (C=N–C) groups is 1. The van der Waals surface area contributed by atoms with Gasteiger partial charge < -0.3 is 25.2 Å². The van der Waals surface area contributed by atoms with Crippen molar-refractivity contribution in [3.63, 3.8) is 0 Å². The monoisotopic (exact) mass is 511 g/mol. The second-order valence-electron chi connectivity index (χ2n) is 8.97. The van der Waals surface area contributed by atoms with Gasteiger partial charge in [0, 0.05) is 52.4 Å². The molecule has 0 aromatic carbocycles. The number of hydrogen-bond acceptors (Lipinski definition) is 4. The molecule has 7 nitrogen and oxygen atoms in total. The lowest BCUT2D eigenvalue weighted by Crippen LogP contribution is -2.50. The molecule has 0 spiro atoms. The summed E-state index contributed by atoms with van der Waals surface area (Å²) in [6.07, 6.45) is 1.99. The van der Waals surface area contributed by atoms with Gasteiger partial charge in [0.25, 0.3) is 0 Å². The Bertz CT molecular complexity index is 485. The van der Waals surface area contributed by atoms with Gasteiger partial charge in [0.05, 0.1) is 0 Å². The van der Waals surface area contributed by atoms with E-state index in [-0.39, 0.29) is 36.0 Å². The maximum Gasteiger partial charge on any atom is 0.410 e. The molecule has 1 amide bonds. The third-order valence-corrected chi connectivity index (χ3v) is 4.73. The van der Waals surface area contributed by atoms with Crippen molar-refractivity contribution < 1.29 is 9.53 Å². The number of amides is 1. The summed E-state index contributed by atoms with van der Waals surface area (Å²) in [6.45, 7) is 15.9. The number of carbonyl (C=O) groups is 1. The summed E-state index contributed by atoms with van der Waals surface area (Å²) >= 11 is 0. The highest BCUT2D eigenvalue weighted by Gasteiger charge is 2.22. The number of guanidine groups is 1. The van der Waals surface area contributed by atoms with Crippen LogP contribution in [0.2, 0.25) is 0 Å². The van der Waals surface area contributed by atoms with Gasteiger partial charge in [-0.2, -0.15) is 0 Å². The lowest BCUT2D eigenvalue weighted by atomic mass is 10.0. The van der Waals surface area contributed by atoms with E-state index in [9.17, 15) is 4.79 Å². The van der Waals surface area contributed by atoms with Crippen molar-refractivity contribution in [3.05, 3.63) is 0 Å². The molecule has 0 aliphatic carbocycles. The van der Waals surface area contributed by atoms with Crippen molar-refractivity contribution in [2.75, 3.05) is 40.3 Å². The molecule has 0 saturated carbocycles. The van der Waals surface area contributed by atoms with E-state index in [4.69, 9.17) is 4.74 Å². The summed E-state index contributed by atoms with van der Waals surface area (Å²) in [4.78, 5) is 20.6. The van der Waals surface area contributed by atoms with Crippen LogP contribution in [-0.4, -0.2) is 79.8 Å². The van der Waals surface area contributed by atoms with Crippen LogP contribution in [0.5, 0.6) is 0 Å². The van der Waals surface area contributed by atoms with Crippen LogP contribution < -0.4 is 10.6 Å². The minimum absolute atomic E-state index is 0. The molecule has 1 rings (SSSR count). The van der Waals surface area contributed by atoms with Gasteiger partial charge >= 0.3 is 6.09 Å². The Kier molecular flexibility index (Phi) is 12.4. The molecule has 8 heteroatoms. The van der Waals surface area contributed by atoms with E-state index in [1.807, 2.05) is 20.8 Å². The largest absolute Gasteiger partial charge is 0.444 e. The molecular formula is C20H42IN5O2. The molecule has 1 fully saturated rings. The van der Waals surface area contributed by atoms with Gasteiger partial charge in [0.15, 0.2) is 5.96 Å². The fraction of sp³-hybridized carbons (Fsp3) is 0.900. The zero-order valence-corrected chi connectivity index (χ0v) is 21.4. The first-order chi connectivity index (χ1) is 12.5. The highest BCUT2D eigenvalue weighted by Crippen LogP contribution is 2.13. The summed E-state index contributed by atoms with van der Waals surface area (Å²) in [5.74, 6) is 1.12. The fourth-order valence-corrected chi connectivity index (χ4v) is 3.17. The smallest absolute Gasteiger partial charge is 0.410 e. The topological polar surface area (TPSA) is 69.2 Å². The predicted molar refractivity (Wildman–Crippen MR) is 128 cm³/mol. The normalized spacial score (nSPS) is 17.7. The Morgan fingerprint density at radius 3 is 2.29 bits per heavy atom. The molecule has 1 unspecified atom stereocenters. The van der Waals surface area contributed by atoms with E-state index in [1.54, 1.807) is 19.0 Å². The number of carbonyl (C=O) groups excluding carboxylic acids is 1. The van der Waals surface area contributed by atoms with Crippen LogP contribution >= 0.6 is 24.0 Å². The Hall–Kier alpha value is -0.770. The molecular weight excluding hydrogens is 469 g/mol. The SMILES string of the molecule is CN=C(NCC(C)CN(C)C(=O)OC(C)(C)C)NC1CCN(C(C)C)CC1.I. The fourth-order valence-electron chi connectivity index (χ4n) is 3.17. The van der Waals surface area contributed by atoms with Gasteiger partial charge in [0.1, 0.15) is 5.60 Å². The van der Waals surface area contributed by atoms with E-state index >= 15 is 0 Å². The van der Waals surface area contributed by atoms with Gasteiger partial charge in [-0.25, -0.2) is 4.79 Å². The zero-order chi connectivity index (χ0) is 20.6. The Morgan fingerprint density at radius 2 is 1.82 bits per heavy atom. The summed E-state index contributed by atoms with van der Waals surface area (Å²) in [7, 11) is 3.58. The summed E-state index contributed by atoms with van der Waals surface area (Å²) in [5, 5.41) is 6.92. The van der Waals surface area contributed by atoms with Crippen LogP contribution in [0, 0.1) is 5.92 Å². The van der Waals surface area contributed by atoms with Crippen LogP contribution in [0.15, 0.2) is 4.99 Å². The first kappa shape index (κ1) is 27.2. The van der Waals surface area contributed by atoms with E-state index in [2.05, 4.69) is 41.3 Å². The molecule has 0 bridgehead atoms. The summed E-state index contributed by atoms with van der Waals surface area (Å²) < 4.78 is 5.40. The molecule has 0 aromatic heterocycles. The van der Waals surface area contributed by atoms with Gasteiger partial charge in [-0.1, -0.05) is 6.92 Å². The highest BCUT2D eigenvalue weighted by molar-refractivity contribution is 14.0. The van der Waals surface area contributed by atoms with E-state index < -0.39 is 5.60 Å². The maximum atomic E-state index is 12.1. The minimum Gasteiger partial charge on any atom is -0.444 e. The lowest BCUT2D eigenvalue weighted by molar-refractivity contribution is 0.0278. The number of piperidine rings is 1. The second-order valence-corrected chi connectivity index (χ2v) is 8.97. The average Bonchev–Trinajstić information content (AvgIpc) is 2.57. The zero-order valence-electron chi connectivity index (χ0n) is 19.0. The Morgan fingerprint density at radius 1 is 1.25 bits per heavy atom. The molecule has 166 valence electrons. The summed E-state index contributed by atoms with van der Waals surface area (Å²) in [5.41, 5.74) is -0.468. The molecule has 1 aliphatic heterocycles. The molecule has 1 atom stereocenters. The van der Waals surface area contributed by atoms with Gasteiger partial charge in [-0.3, -0.25) is 4.99 Å². The molecule has 0 aromatic rings. The molecule has 0 radical (unpaired) electrons. The number of hydrogen-bond donors (Lipinski definition) is 2. The van der Waals surface area contributed by atoms with Crippen LogP contribution in [-0.2, 0) is 4.74 Å². The van der Waals surface area contributed by atoms with Crippen LogP contribution in [0.25, 0.3) is 0 Å². The van der Waals surface area contributed by atoms with Gasteiger partial charge in [0.2, 0.25) is 0 Å². The average molecular weight is 511 g/mol. The standard InChI is InChI=1S/C20H41N5O2.HI/c1-15(2)25-11-9-17(10-12-25)23-18(21-7)22-13-16(3)14-24(8)19(26)27-20(4,5)6;/h15-17H,9-14H2,1-8H3,(H2,21,22,23);1H. The van der Waals surface area contributed by atoms with E-state index in [1.165, 1.54) is 0 Å². The van der Waals surface area contributed by atoms with Gasteiger partial charge in [-0.15, -0.1) is 24.0 Å². The second kappa shape index (κ2) is 12.7. The predicted octanol–water partition coefficient (Wildman–Crippen LogP) is 3.15. The van der Waals surface area contributed by atoms with Crippen molar-refractivity contribution >= 4 is 36.0 Å².